The summed E-state index contributed by atoms with van der Waals surface area (Å²) < 4.78 is 1.16. The zero-order chi connectivity index (χ0) is 9.84. The van der Waals surface area contributed by atoms with Crippen LogP contribution in [0.3, 0.4) is 0 Å². The fourth-order valence-electron chi connectivity index (χ4n) is 0.983. The molecule has 13 heavy (non-hydrogen) atoms. The van der Waals surface area contributed by atoms with Gasteiger partial charge in [0.25, 0.3) is 5.56 Å². The summed E-state index contributed by atoms with van der Waals surface area (Å²) in [6.45, 7) is -0.0804. The lowest BCUT2D eigenvalue weighted by atomic mass is 10.3. The molecule has 0 aliphatic carbocycles. The molecule has 5 heteroatoms. The van der Waals surface area contributed by atoms with Crippen molar-refractivity contribution in [1.29, 1.82) is 0 Å². The lowest BCUT2D eigenvalue weighted by Gasteiger charge is -2.02. The summed E-state index contributed by atoms with van der Waals surface area (Å²) in [6.07, 6.45) is 1.44. The Labute approximate surface area is 73.9 Å². The van der Waals surface area contributed by atoms with Gasteiger partial charge >= 0.3 is 5.97 Å². The van der Waals surface area contributed by atoms with Gasteiger partial charge < -0.3 is 14.8 Å². The minimum Gasteiger partial charge on any atom is -0.477 e. The quantitative estimate of drug-likeness (QED) is 0.664. The summed E-state index contributed by atoms with van der Waals surface area (Å²) >= 11 is 0. The maximum Gasteiger partial charge on any atom is 0.341 e. The van der Waals surface area contributed by atoms with Crippen LogP contribution in [0.5, 0.6) is 0 Å². The maximum atomic E-state index is 11.3. The summed E-state index contributed by atoms with van der Waals surface area (Å²) in [5.41, 5.74) is -0.875. The molecule has 5 nitrogen and oxygen atoms in total. The second-order valence-electron chi connectivity index (χ2n) is 2.45. The number of aromatic nitrogens is 1. The van der Waals surface area contributed by atoms with E-state index in [4.69, 9.17) is 10.2 Å². The van der Waals surface area contributed by atoms with Gasteiger partial charge in [0.1, 0.15) is 5.56 Å². The first-order valence-corrected chi connectivity index (χ1v) is 3.70. The number of carbonyl (C=O) groups is 1. The molecule has 0 saturated carbocycles. The van der Waals surface area contributed by atoms with Crippen LogP contribution in [-0.4, -0.2) is 27.4 Å². The van der Waals surface area contributed by atoms with Crippen LogP contribution in [0.2, 0.25) is 0 Å². The van der Waals surface area contributed by atoms with Crippen LogP contribution in [0, 0.1) is 0 Å². The number of pyridine rings is 1. The molecule has 1 rings (SSSR count). The third kappa shape index (κ3) is 1.94. The van der Waals surface area contributed by atoms with Crippen molar-refractivity contribution in [3.63, 3.8) is 0 Å². The molecule has 0 fully saturated rings. The summed E-state index contributed by atoms with van der Waals surface area (Å²) in [5.74, 6) is -1.25. The van der Waals surface area contributed by atoms with Gasteiger partial charge in [-0.3, -0.25) is 4.79 Å². The highest BCUT2D eigenvalue weighted by molar-refractivity contribution is 5.86. The molecule has 0 aliphatic heterocycles. The highest BCUT2D eigenvalue weighted by Crippen LogP contribution is 1.91. The van der Waals surface area contributed by atoms with E-state index in [1.54, 1.807) is 0 Å². The molecule has 0 atom stereocenters. The van der Waals surface area contributed by atoms with E-state index in [1.807, 2.05) is 0 Å². The summed E-state index contributed by atoms with van der Waals surface area (Å²) in [5, 5.41) is 17.1. The van der Waals surface area contributed by atoms with Crippen LogP contribution in [-0.2, 0) is 6.54 Å². The zero-order valence-electron chi connectivity index (χ0n) is 6.80. The molecule has 70 valence electrons. The first-order valence-electron chi connectivity index (χ1n) is 3.70. The number of rotatable bonds is 3. The molecule has 0 radical (unpaired) electrons. The van der Waals surface area contributed by atoms with Crippen LogP contribution < -0.4 is 5.56 Å². The highest BCUT2D eigenvalue weighted by Gasteiger charge is 2.08. The van der Waals surface area contributed by atoms with Crippen molar-refractivity contribution >= 4 is 5.97 Å². The molecule has 0 aromatic carbocycles. The summed E-state index contributed by atoms with van der Waals surface area (Å²) in [7, 11) is 0. The Hall–Kier alpha value is -1.62. The molecule has 1 aromatic heterocycles. The van der Waals surface area contributed by atoms with E-state index < -0.39 is 11.5 Å². The minimum absolute atomic E-state index is 0.111. The number of hydrogen-bond acceptors (Lipinski definition) is 3. The first-order chi connectivity index (χ1) is 6.16. The predicted octanol–water partition coefficient (Wildman–Crippen LogP) is -0.461. The molecular weight excluding hydrogens is 174 g/mol. The van der Waals surface area contributed by atoms with Crippen molar-refractivity contribution in [2.45, 2.75) is 6.54 Å². The van der Waals surface area contributed by atoms with Gasteiger partial charge in [-0.25, -0.2) is 4.79 Å². The second-order valence-corrected chi connectivity index (χ2v) is 2.45. The van der Waals surface area contributed by atoms with Crippen LogP contribution in [0.25, 0.3) is 0 Å². The minimum atomic E-state index is -1.25. The van der Waals surface area contributed by atoms with Gasteiger partial charge in [-0.15, -0.1) is 0 Å². The fraction of sp³-hybridized carbons (Fsp3) is 0.250. The zero-order valence-corrected chi connectivity index (χ0v) is 6.80. The third-order valence-electron chi connectivity index (χ3n) is 1.59. The molecule has 1 aromatic rings. The number of aliphatic hydroxyl groups excluding tert-OH is 1. The van der Waals surface area contributed by atoms with Crippen LogP contribution in [0.1, 0.15) is 10.4 Å². The van der Waals surface area contributed by atoms with E-state index in [-0.39, 0.29) is 18.7 Å². The lowest BCUT2D eigenvalue weighted by Crippen LogP contribution is -2.26. The Morgan fingerprint density at radius 2 is 2.23 bits per heavy atom. The predicted molar refractivity (Wildman–Crippen MR) is 44.7 cm³/mol. The standard InChI is InChI=1S/C8H9NO4/c10-5-4-9-3-1-2-6(7(9)11)8(12)13/h1-3,10H,4-5H2,(H,12,13). The van der Waals surface area contributed by atoms with E-state index in [2.05, 4.69) is 0 Å². The number of nitrogens with zero attached hydrogens (tertiary/aromatic N) is 1. The molecule has 0 aliphatic rings. The van der Waals surface area contributed by atoms with Gasteiger partial charge in [0.15, 0.2) is 0 Å². The number of carboxylic acid groups (broad SMARTS) is 1. The monoisotopic (exact) mass is 183 g/mol. The van der Waals surface area contributed by atoms with E-state index in [0.29, 0.717) is 0 Å². The second kappa shape index (κ2) is 3.86. The molecule has 0 bridgehead atoms. The SMILES string of the molecule is O=C(O)c1cccn(CCO)c1=O. The van der Waals surface area contributed by atoms with Crippen molar-refractivity contribution in [2.75, 3.05) is 6.61 Å². The van der Waals surface area contributed by atoms with Crippen molar-refractivity contribution in [2.24, 2.45) is 0 Å². The highest BCUT2D eigenvalue weighted by atomic mass is 16.4. The maximum absolute atomic E-state index is 11.3. The molecule has 1 heterocycles. The topological polar surface area (TPSA) is 79.5 Å². The van der Waals surface area contributed by atoms with Gasteiger partial charge in [-0.1, -0.05) is 0 Å². The molecule has 2 N–H and O–H groups in total. The van der Waals surface area contributed by atoms with Crippen molar-refractivity contribution in [3.8, 4) is 0 Å². The van der Waals surface area contributed by atoms with Crippen LogP contribution in [0.15, 0.2) is 23.1 Å². The average molecular weight is 183 g/mol. The van der Waals surface area contributed by atoms with E-state index in [0.717, 1.165) is 4.57 Å². The largest absolute Gasteiger partial charge is 0.477 e. The number of carboxylic acids is 1. The van der Waals surface area contributed by atoms with Gasteiger partial charge in [0.2, 0.25) is 0 Å². The molecule has 0 unspecified atom stereocenters. The van der Waals surface area contributed by atoms with Gasteiger partial charge in [0, 0.05) is 12.7 Å². The number of aliphatic hydroxyl groups is 1. The molecular formula is C8H9NO4. The third-order valence-corrected chi connectivity index (χ3v) is 1.59. The Morgan fingerprint density at radius 1 is 1.54 bits per heavy atom. The summed E-state index contributed by atoms with van der Waals surface area (Å²) in [6, 6.07) is 2.69. The van der Waals surface area contributed by atoms with Crippen molar-refractivity contribution in [1.82, 2.24) is 4.57 Å². The molecule has 0 saturated heterocycles. The number of aromatic carboxylic acids is 1. The van der Waals surface area contributed by atoms with Crippen LogP contribution in [0.4, 0.5) is 0 Å². The van der Waals surface area contributed by atoms with E-state index >= 15 is 0 Å². The number of hydrogen-bond donors (Lipinski definition) is 2. The van der Waals surface area contributed by atoms with Gasteiger partial charge in [0.05, 0.1) is 6.61 Å². The van der Waals surface area contributed by atoms with Gasteiger partial charge in [-0.05, 0) is 12.1 Å². The Bertz CT molecular complexity index is 369. The van der Waals surface area contributed by atoms with Crippen molar-refractivity contribution in [3.05, 3.63) is 34.2 Å². The fourth-order valence-corrected chi connectivity index (χ4v) is 0.983. The smallest absolute Gasteiger partial charge is 0.341 e. The average Bonchev–Trinajstić information content (AvgIpc) is 2.08. The normalized spacial score (nSPS) is 9.92. The Kier molecular flexibility index (Phi) is 2.81. The molecule has 0 amide bonds. The van der Waals surface area contributed by atoms with Crippen LogP contribution >= 0.6 is 0 Å². The molecule has 0 spiro atoms. The van der Waals surface area contributed by atoms with Crippen molar-refractivity contribution < 1.29 is 15.0 Å². The Balaban J connectivity index is 3.19. The Morgan fingerprint density at radius 3 is 2.77 bits per heavy atom. The first kappa shape index (κ1) is 9.47. The lowest BCUT2D eigenvalue weighted by molar-refractivity contribution is 0.0694. The van der Waals surface area contributed by atoms with E-state index in [9.17, 15) is 9.59 Å². The van der Waals surface area contributed by atoms with Gasteiger partial charge in [-0.2, -0.15) is 0 Å². The van der Waals surface area contributed by atoms with E-state index in [1.165, 1.54) is 18.3 Å². The summed E-state index contributed by atoms with van der Waals surface area (Å²) in [4.78, 5) is 21.8.